The first kappa shape index (κ1) is 28.4. The maximum absolute atomic E-state index is 12.1. The van der Waals surface area contributed by atoms with Crippen LogP contribution in [0.4, 0.5) is 0 Å². The summed E-state index contributed by atoms with van der Waals surface area (Å²) in [6, 6.07) is 3.93. The summed E-state index contributed by atoms with van der Waals surface area (Å²) in [5, 5.41) is 53.1. The molecule has 7 heteroatoms. The summed E-state index contributed by atoms with van der Waals surface area (Å²) in [5.74, 6) is -3.05. The number of hydrogen-bond donors (Lipinski definition) is 5. The molecule has 202 valence electrons. The minimum Gasteiger partial charge on any atom is -0.507 e. The summed E-state index contributed by atoms with van der Waals surface area (Å²) in [6.07, 6.45) is 8.76. The van der Waals surface area contributed by atoms with Gasteiger partial charge in [-0.15, -0.1) is 0 Å². The Morgan fingerprint density at radius 1 is 0.842 bits per heavy atom. The standard InChI is InChI=1S/C31H36O7/c1-17(2)7-6-8-19(5)10-12-22-24(33)15-25(34)27-23(16-32)29(37)30(38-31(22)27)21-13-20(11-9-18(3)4)28(36)26(35)14-21/h7,9-10,13-16,23,33-37H,6,8,11-12H2,1-5H3/b19-10+. The van der Waals surface area contributed by atoms with Gasteiger partial charge in [0.2, 0.25) is 0 Å². The molecule has 0 amide bonds. The quantitative estimate of drug-likeness (QED) is 0.139. The van der Waals surface area contributed by atoms with Crippen molar-refractivity contribution in [2.45, 2.75) is 66.2 Å². The van der Waals surface area contributed by atoms with Gasteiger partial charge in [-0.3, -0.25) is 0 Å². The van der Waals surface area contributed by atoms with Gasteiger partial charge in [-0.25, -0.2) is 0 Å². The maximum atomic E-state index is 12.1. The molecule has 0 aliphatic carbocycles. The highest BCUT2D eigenvalue weighted by molar-refractivity contribution is 5.82. The number of aliphatic hydroxyl groups is 1. The average molecular weight is 521 g/mol. The Morgan fingerprint density at radius 3 is 2.16 bits per heavy atom. The van der Waals surface area contributed by atoms with Crippen molar-refractivity contribution < 1.29 is 35.1 Å². The number of benzene rings is 2. The predicted octanol–water partition coefficient (Wildman–Crippen LogP) is 6.85. The Morgan fingerprint density at radius 2 is 1.53 bits per heavy atom. The Balaban J connectivity index is 2.09. The van der Waals surface area contributed by atoms with Crippen molar-refractivity contribution in [1.82, 2.24) is 0 Å². The van der Waals surface area contributed by atoms with E-state index < -0.39 is 17.4 Å². The number of carbonyl (C=O) groups excluding carboxylic acids is 1. The van der Waals surface area contributed by atoms with Crippen molar-refractivity contribution in [3.8, 4) is 28.7 Å². The minimum absolute atomic E-state index is 0.0532. The van der Waals surface area contributed by atoms with E-state index in [1.54, 1.807) is 6.07 Å². The monoisotopic (exact) mass is 520 g/mol. The van der Waals surface area contributed by atoms with Crippen LogP contribution in [0.15, 0.2) is 58.9 Å². The highest BCUT2D eigenvalue weighted by atomic mass is 16.5. The summed E-state index contributed by atoms with van der Waals surface area (Å²) in [6.45, 7) is 9.88. The number of aromatic hydroxyl groups is 4. The van der Waals surface area contributed by atoms with Crippen molar-refractivity contribution >= 4 is 12.0 Å². The number of allylic oxidation sites excluding steroid dienone is 7. The van der Waals surface area contributed by atoms with Crippen LogP contribution in [0, 0.1) is 0 Å². The zero-order valence-corrected chi connectivity index (χ0v) is 22.5. The zero-order chi connectivity index (χ0) is 28.1. The van der Waals surface area contributed by atoms with Crippen LogP contribution >= 0.6 is 0 Å². The van der Waals surface area contributed by atoms with E-state index in [1.165, 1.54) is 11.6 Å². The van der Waals surface area contributed by atoms with Crippen molar-refractivity contribution in [3.63, 3.8) is 0 Å². The van der Waals surface area contributed by atoms with Gasteiger partial charge in [0.25, 0.3) is 0 Å². The molecule has 0 saturated carbocycles. The van der Waals surface area contributed by atoms with Gasteiger partial charge in [-0.2, -0.15) is 0 Å². The van der Waals surface area contributed by atoms with Gasteiger partial charge in [-0.05, 0) is 72.4 Å². The lowest BCUT2D eigenvalue weighted by atomic mass is 9.88. The third-order valence-corrected chi connectivity index (χ3v) is 6.46. The molecular formula is C31H36O7. The van der Waals surface area contributed by atoms with E-state index in [0.717, 1.165) is 30.1 Å². The number of carbonyl (C=O) groups is 1. The molecular weight excluding hydrogens is 484 g/mol. The van der Waals surface area contributed by atoms with E-state index in [9.17, 15) is 30.3 Å². The fourth-order valence-electron chi connectivity index (χ4n) is 4.32. The Bertz CT molecular complexity index is 1350. The first-order valence-electron chi connectivity index (χ1n) is 12.6. The van der Waals surface area contributed by atoms with Crippen LogP contribution in [0.1, 0.15) is 75.6 Å². The van der Waals surface area contributed by atoms with Crippen molar-refractivity contribution in [1.29, 1.82) is 0 Å². The van der Waals surface area contributed by atoms with Crippen LogP contribution in [-0.2, 0) is 17.6 Å². The molecule has 0 bridgehead atoms. The third-order valence-electron chi connectivity index (χ3n) is 6.46. The second kappa shape index (κ2) is 11.9. The summed E-state index contributed by atoms with van der Waals surface area (Å²) in [7, 11) is 0. The second-order valence-corrected chi connectivity index (χ2v) is 10.1. The number of rotatable bonds is 9. The van der Waals surface area contributed by atoms with Gasteiger partial charge in [0.15, 0.2) is 23.0 Å². The molecule has 1 atom stereocenters. The predicted molar refractivity (Wildman–Crippen MR) is 148 cm³/mol. The molecule has 1 heterocycles. The molecule has 1 aliphatic heterocycles. The van der Waals surface area contributed by atoms with E-state index in [-0.39, 0.29) is 46.3 Å². The maximum Gasteiger partial charge on any atom is 0.173 e. The molecule has 3 rings (SSSR count). The molecule has 2 aromatic rings. The molecule has 2 aromatic carbocycles. The minimum atomic E-state index is -1.26. The molecule has 7 nitrogen and oxygen atoms in total. The number of phenolic OH excluding ortho intramolecular Hbond substituents is 4. The average Bonchev–Trinajstić information content (AvgIpc) is 2.84. The second-order valence-electron chi connectivity index (χ2n) is 10.1. The number of fused-ring (bicyclic) bond motifs is 1. The summed E-state index contributed by atoms with van der Waals surface area (Å²) < 4.78 is 6.08. The fraction of sp³-hybridized carbons (Fsp3) is 0.323. The lowest BCUT2D eigenvalue weighted by molar-refractivity contribution is -0.109. The van der Waals surface area contributed by atoms with Crippen molar-refractivity contribution in [3.05, 3.63) is 81.2 Å². The summed E-state index contributed by atoms with van der Waals surface area (Å²) in [5.41, 5.74) is 4.38. The van der Waals surface area contributed by atoms with Gasteiger partial charge in [-0.1, -0.05) is 34.9 Å². The lowest BCUT2D eigenvalue weighted by Gasteiger charge is -2.28. The van der Waals surface area contributed by atoms with Gasteiger partial charge < -0.3 is 35.1 Å². The topological polar surface area (TPSA) is 127 Å². The van der Waals surface area contributed by atoms with E-state index in [4.69, 9.17) is 4.74 Å². The zero-order valence-electron chi connectivity index (χ0n) is 22.5. The molecule has 5 N–H and O–H groups in total. The van der Waals surface area contributed by atoms with Gasteiger partial charge in [0.1, 0.15) is 29.5 Å². The fourth-order valence-corrected chi connectivity index (χ4v) is 4.32. The third kappa shape index (κ3) is 6.22. The van der Waals surface area contributed by atoms with Gasteiger partial charge >= 0.3 is 0 Å². The van der Waals surface area contributed by atoms with E-state index in [0.29, 0.717) is 23.8 Å². The molecule has 1 aliphatic rings. The molecule has 0 aromatic heterocycles. The molecule has 1 unspecified atom stereocenters. The molecule has 0 spiro atoms. The normalized spacial score (nSPS) is 15.0. The number of hydrogen-bond acceptors (Lipinski definition) is 7. The highest BCUT2D eigenvalue weighted by Gasteiger charge is 2.36. The van der Waals surface area contributed by atoms with Crippen molar-refractivity contribution in [2.75, 3.05) is 0 Å². The lowest BCUT2D eigenvalue weighted by Crippen LogP contribution is -2.18. The largest absolute Gasteiger partial charge is 0.507 e. The van der Waals surface area contributed by atoms with Crippen LogP contribution in [-0.4, -0.2) is 31.8 Å². The number of phenols is 4. The van der Waals surface area contributed by atoms with Gasteiger partial charge in [0, 0.05) is 22.8 Å². The smallest absolute Gasteiger partial charge is 0.173 e. The summed E-state index contributed by atoms with van der Waals surface area (Å²) in [4.78, 5) is 12.1. The first-order chi connectivity index (χ1) is 17.9. The number of ether oxygens (including phenoxy) is 1. The Hall–Kier alpha value is -4.13. The van der Waals surface area contributed by atoms with Crippen LogP contribution < -0.4 is 4.74 Å². The Labute approximate surface area is 223 Å². The van der Waals surface area contributed by atoms with E-state index in [2.05, 4.69) is 6.08 Å². The number of aldehydes is 1. The SMILES string of the molecule is CC(C)=CCC/C(C)=C/Cc1c(O)cc(O)c2c1OC(c1cc(O)c(O)c(CC=C(C)C)c1)=C(O)C2C=O. The highest BCUT2D eigenvalue weighted by Crippen LogP contribution is 2.50. The van der Waals surface area contributed by atoms with E-state index in [1.807, 2.05) is 46.8 Å². The van der Waals surface area contributed by atoms with Crippen LogP contribution in [0.3, 0.4) is 0 Å². The van der Waals surface area contributed by atoms with Crippen LogP contribution in [0.2, 0.25) is 0 Å². The molecule has 0 radical (unpaired) electrons. The van der Waals surface area contributed by atoms with Crippen LogP contribution in [0.25, 0.3) is 5.76 Å². The number of aliphatic hydroxyl groups excluding tert-OH is 1. The van der Waals surface area contributed by atoms with E-state index >= 15 is 0 Å². The van der Waals surface area contributed by atoms with Gasteiger partial charge in [0.05, 0.1) is 5.56 Å². The molecule has 0 saturated heterocycles. The van der Waals surface area contributed by atoms with Crippen molar-refractivity contribution in [2.24, 2.45) is 0 Å². The first-order valence-corrected chi connectivity index (χ1v) is 12.6. The molecule has 38 heavy (non-hydrogen) atoms. The Kier molecular flexibility index (Phi) is 8.94. The molecule has 0 fully saturated rings. The summed E-state index contributed by atoms with van der Waals surface area (Å²) >= 11 is 0. The van der Waals surface area contributed by atoms with Crippen LogP contribution in [0.5, 0.6) is 28.7 Å².